The van der Waals surface area contributed by atoms with E-state index in [1.165, 1.54) is 24.8 Å². The van der Waals surface area contributed by atoms with Crippen molar-refractivity contribution in [3.05, 3.63) is 67.3 Å². The van der Waals surface area contributed by atoms with Crippen LogP contribution in [0.25, 0.3) is 6.08 Å². The number of rotatable bonds is 5. The Morgan fingerprint density at radius 1 is 1.06 bits per heavy atom. The van der Waals surface area contributed by atoms with Gasteiger partial charge in [0.15, 0.2) is 0 Å². The first kappa shape index (κ1) is 14.4. The molecular formula is C16H22. The van der Waals surface area contributed by atoms with Crippen LogP contribution < -0.4 is 0 Å². The second-order valence-electron chi connectivity index (χ2n) is 3.43. The highest BCUT2D eigenvalue weighted by Gasteiger charge is 1.81. The maximum Gasteiger partial charge on any atom is -0.0260 e. The van der Waals surface area contributed by atoms with Gasteiger partial charge in [-0.05, 0) is 12.0 Å². The molecule has 0 N–H and O–H groups in total. The van der Waals surface area contributed by atoms with Gasteiger partial charge in [-0.2, -0.15) is 0 Å². The average Bonchev–Trinajstić information content (AvgIpc) is 2.36. The molecular weight excluding hydrogens is 192 g/mol. The Balaban J connectivity index is 0.000000487. The van der Waals surface area contributed by atoms with Gasteiger partial charge in [-0.15, -0.1) is 0 Å². The average molecular weight is 214 g/mol. The van der Waals surface area contributed by atoms with Gasteiger partial charge in [-0.25, -0.2) is 0 Å². The molecule has 0 saturated heterocycles. The Morgan fingerprint density at radius 2 is 1.69 bits per heavy atom. The summed E-state index contributed by atoms with van der Waals surface area (Å²) in [4.78, 5) is 0. The Kier molecular flexibility index (Phi) is 10.4. The zero-order valence-corrected chi connectivity index (χ0v) is 10.2. The Hall–Kier alpha value is -1.56. The Labute approximate surface area is 100 Å². The first-order chi connectivity index (χ1) is 7.85. The lowest BCUT2D eigenvalue weighted by atomic mass is 10.2. The van der Waals surface area contributed by atoms with Crippen LogP contribution in [0.3, 0.4) is 0 Å². The summed E-state index contributed by atoms with van der Waals surface area (Å²) in [5, 5.41) is 0. The number of hydrogen-bond acceptors (Lipinski definition) is 0. The van der Waals surface area contributed by atoms with E-state index in [0.29, 0.717) is 0 Å². The summed E-state index contributed by atoms with van der Waals surface area (Å²) in [6.07, 6.45) is 11.5. The summed E-state index contributed by atoms with van der Waals surface area (Å²) < 4.78 is 0. The van der Waals surface area contributed by atoms with Gasteiger partial charge in [0, 0.05) is 0 Å². The van der Waals surface area contributed by atoms with Crippen LogP contribution in [-0.4, -0.2) is 0 Å². The first-order valence-corrected chi connectivity index (χ1v) is 5.80. The number of unbranched alkanes of at least 4 members (excludes halogenated alkanes) is 2. The van der Waals surface area contributed by atoms with Gasteiger partial charge in [-0.3, -0.25) is 0 Å². The summed E-state index contributed by atoms with van der Waals surface area (Å²) in [6, 6.07) is 10.4. The second-order valence-corrected chi connectivity index (χ2v) is 3.43. The van der Waals surface area contributed by atoms with Crippen LogP contribution in [0.15, 0.2) is 61.7 Å². The van der Waals surface area contributed by atoms with Gasteiger partial charge >= 0.3 is 0 Å². The molecule has 0 saturated carbocycles. The highest BCUT2D eigenvalue weighted by molar-refractivity contribution is 5.48. The van der Waals surface area contributed by atoms with Crippen LogP contribution in [0.4, 0.5) is 0 Å². The summed E-state index contributed by atoms with van der Waals surface area (Å²) >= 11 is 0. The van der Waals surface area contributed by atoms with Gasteiger partial charge in [0.25, 0.3) is 0 Å². The molecule has 86 valence electrons. The topological polar surface area (TPSA) is 0 Å². The second kappa shape index (κ2) is 11.5. The largest absolute Gasteiger partial charge is 0.0991 e. The molecule has 0 aromatic heterocycles. The molecule has 0 spiro atoms. The number of hydrogen-bond donors (Lipinski definition) is 0. The third-order valence-electron chi connectivity index (χ3n) is 2.00. The van der Waals surface area contributed by atoms with Gasteiger partial charge in [-0.1, -0.05) is 87.6 Å². The van der Waals surface area contributed by atoms with E-state index in [2.05, 4.69) is 56.5 Å². The molecule has 16 heavy (non-hydrogen) atoms. The third-order valence-corrected chi connectivity index (χ3v) is 2.00. The van der Waals surface area contributed by atoms with Gasteiger partial charge in [0.05, 0.1) is 0 Å². The molecule has 0 aliphatic carbocycles. The fourth-order valence-corrected chi connectivity index (χ4v) is 1.11. The predicted molar refractivity (Wildman–Crippen MR) is 75.4 cm³/mol. The van der Waals surface area contributed by atoms with Crippen molar-refractivity contribution >= 4 is 6.08 Å². The molecule has 0 radical (unpaired) electrons. The SMILES string of the molecule is C=CC=C.CCCCC=Cc1ccccc1. The highest BCUT2D eigenvalue weighted by atomic mass is 13.9. The fraction of sp³-hybridized carbons (Fsp3) is 0.250. The van der Waals surface area contributed by atoms with Gasteiger partial charge in [0.2, 0.25) is 0 Å². The molecule has 0 heterocycles. The van der Waals surface area contributed by atoms with E-state index in [4.69, 9.17) is 0 Å². The molecule has 0 aliphatic heterocycles. The zero-order valence-electron chi connectivity index (χ0n) is 10.2. The quantitative estimate of drug-likeness (QED) is 0.464. The maximum atomic E-state index is 3.36. The van der Waals surface area contributed by atoms with Crippen molar-refractivity contribution in [2.75, 3.05) is 0 Å². The van der Waals surface area contributed by atoms with E-state index in [0.717, 1.165) is 0 Å². The lowest BCUT2D eigenvalue weighted by Gasteiger charge is -1.91. The molecule has 0 fully saturated rings. The smallest absolute Gasteiger partial charge is 0.0260 e. The van der Waals surface area contributed by atoms with Crippen LogP contribution in [0.5, 0.6) is 0 Å². The van der Waals surface area contributed by atoms with E-state index in [1.807, 2.05) is 6.07 Å². The van der Waals surface area contributed by atoms with E-state index >= 15 is 0 Å². The number of benzene rings is 1. The summed E-state index contributed by atoms with van der Waals surface area (Å²) in [7, 11) is 0. The lowest BCUT2D eigenvalue weighted by Crippen LogP contribution is -1.69. The molecule has 0 bridgehead atoms. The van der Waals surface area contributed by atoms with E-state index in [9.17, 15) is 0 Å². The van der Waals surface area contributed by atoms with Crippen LogP contribution in [0.2, 0.25) is 0 Å². The summed E-state index contributed by atoms with van der Waals surface area (Å²) in [5.41, 5.74) is 1.30. The number of allylic oxidation sites excluding steroid dienone is 3. The van der Waals surface area contributed by atoms with Crippen LogP contribution in [0.1, 0.15) is 31.7 Å². The van der Waals surface area contributed by atoms with Crippen LogP contribution >= 0.6 is 0 Å². The lowest BCUT2D eigenvalue weighted by molar-refractivity contribution is 0.816. The first-order valence-electron chi connectivity index (χ1n) is 5.80. The van der Waals surface area contributed by atoms with Crippen molar-refractivity contribution < 1.29 is 0 Å². The summed E-state index contributed by atoms with van der Waals surface area (Å²) in [5.74, 6) is 0. The van der Waals surface area contributed by atoms with Crippen LogP contribution in [-0.2, 0) is 0 Å². The molecule has 1 rings (SSSR count). The molecule has 0 aliphatic rings. The minimum atomic E-state index is 1.20. The van der Waals surface area contributed by atoms with Gasteiger partial charge < -0.3 is 0 Å². The van der Waals surface area contributed by atoms with Crippen molar-refractivity contribution in [2.24, 2.45) is 0 Å². The van der Waals surface area contributed by atoms with E-state index in [1.54, 1.807) is 12.2 Å². The van der Waals surface area contributed by atoms with E-state index < -0.39 is 0 Å². The zero-order chi connectivity index (χ0) is 12.1. The van der Waals surface area contributed by atoms with Crippen molar-refractivity contribution in [1.29, 1.82) is 0 Å². The minimum absolute atomic E-state index is 1.20. The molecule has 1 aromatic carbocycles. The molecule has 0 amide bonds. The monoisotopic (exact) mass is 214 g/mol. The van der Waals surface area contributed by atoms with E-state index in [-0.39, 0.29) is 0 Å². The fourth-order valence-electron chi connectivity index (χ4n) is 1.11. The molecule has 0 heteroatoms. The molecule has 0 nitrogen and oxygen atoms in total. The van der Waals surface area contributed by atoms with Crippen molar-refractivity contribution in [3.63, 3.8) is 0 Å². The summed E-state index contributed by atoms with van der Waals surface area (Å²) in [6.45, 7) is 8.94. The third kappa shape index (κ3) is 9.01. The molecule has 1 aromatic rings. The Bertz CT molecular complexity index is 287. The maximum absolute atomic E-state index is 3.36. The predicted octanol–water partition coefficient (Wildman–Crippen LogP) is 5.25. The van der Waals surface area contributed by atoms with Gasteiger partial charge in [0.1, 0.15) is 0 Å². The van der Waals surface area contributed by atoms with Crippen molar-refractivity contribution in [1.82, 2.24) is 0 Å². The van der Waals surface area contributed by atoms with Crippen molar-refractivity contribution in [3.8, 4) is 0 Å². The Morgan fingerprint density at radius 3 is 2.19 bits per heavy atom. The normalized spacial score (nSPS) is 9.31. The minimum Gasteiger partial charge on any atom is -0.0991 e. The van der Waals surface area contributed by atoms with Crippen LogP contribution in [0, 0.1) is 0 Å². The molecule has 0 unspecified atom stereocenters. The van der Waals surface area contributed by atoms with Crippen molar-refractivity contribution in [2.45, 2.75) is 26.2 Å². The standard InChI is InChI=1S/C12H16.C4H6/c1-2-3-4-6-9-12-10-7-5-8-11-12;1-3-4-2/h5-11H,2-4H2,1H3;3-4H,1-2H2. The molecule has 0 atom stereocenters. The highest BCUT2D eigenvalue weighted by Crippen LogP contribution is 2.03.